The molecule has 2 aromatic heterocycles. The minimum absolute atomic E-state index is 0.0412. The lowest BCUT2D eigenvalue weighted by atomic mass is 10.1. The number of hydrogen-bond acceptors (Lipinski definition) is 12. The SMILES string of the molecule is CCNc1nc(Cl)nc(NC(C)C)n1.CCOC(=O)C(Cl)Cc1cc(-n2nc(C)n(C(F)F)c2=O)c(F)cc1Cl.CP(=O)(O)CCC(N)C(=O)O. The number of benzene rings is 1. The number of aliphatic carboxylic acids is 1. The van der Waals surface area contributed by atoms with E-state index >= 15 is 0 Å². The lowest BCUT2D eigenvalue weighted by molar-refractivity contribution is -0.142. The molecule has 3 rings (SSSR count). The van der Waals surface area contributed by atoms with Gasteiger partial charge in [0, 0.05) is 36.9 Å². The molecule has 0 bridgehead atoms. The summed E-state index contributed by atoms with van der Waals surface area (Å²) in [4.78, 5) is 54.6. The molecule has 51 heavy (non-hydrogen) atoms. The van der Waals surface area contributed by atoms with Crippen molar-refractivity contribution in [2.75, 3.05) is 36.6 Å². The van der Waals surface area contributed by atoms with Crippen molar-refractivity contribution in [2.45, 2.75) is 71.5 Å². The number of nitrogens with zero attached hydrogens (tertiary/aromatic N) is 6. The van der Waals surface area contributed by atoms with E-state index in [2.05, 4.69) is 30.7 Å². The van der Waals surface area contributed by atoms with Gasteiger partial charge in [0.05, 0.1) is 6.61 Å². The second-order valence-corrected chi connectivity index (χ2v) is 14.6. The first kappa shape index (κ1) is 45.5. The second-order valence-electron chi connectivity index (χ2n) is 10.8. The predicted molar refractivity (Wildman–Crippen MR) is 187 cm³/mol. The number of hydrogen-bond donors (Lipinski definition) is 5. The van der Waals surface area contributed by atoms with Crippen LogP contribution in [0, 0.1) is 12.7 Å². The van der Waals surface area contributed by atoms with Crippen LogP contribution >= 0.6 is 42.2 Å². The van der Waals surface area contributed by atoms with Crippen molar-refractivity contribution in [3.8, 4) is 5.69 Å². The van der Waals surface area contributed by atoms with Crippen LogP contribution in [-0.4, -0.2) is 94.7 Å². The number of alkyl halides is 3. The van der Waals surface area contributed by atoms with Gasteiger partial charge >= 0.3 is 24.2 Å². The number of nitrogens with two attached hydrogens (primary N) is 1. The highest BCUT2D eigenvalue weighted by Gasteiger charge is 2.24. The monoisotopic (exact) mass is 807 g/mol. The van der Waals surface area contributed by atoms with Gasteiger partial charge in [0.1, 0.15) is 22.9 Å². The summed E-state index contributed by atoms with van der Waals surface area (Å²) >= 11 is 17.6. The van der Waals surface area contributed by atoms with Gasteiger partial charge in [-0.25, -0.2) is 13.8 Å². The van der Waals surface area contributed by atoms with Crippen molar-refractivity contribution in [3.05, 3.63) is 50.1 Å². The highest BCUT2D eigenvalue weighted by atomic mass is 35.5. The van der Waals surface area contributed by atoms with Crippen LogP contribution in [-0.2, 0) is 25.3 Å². The average Bonchev–Trinajstić information content (AvgIpc) is 3.30. The molecule has 6 N–H and O–H groups in total. The van der Waals surface area contributed by atoms with E-state index in [9.17, 15) is 32.1 Å². The van der Waals surface area contributed by atoms with E-state index in [1.54, 1.807) is 6.92 Å². The Labute approximate surface area is 306 Å². The number of carboxylic acids is 1. The highest BCUT2D eigenvalue weighted by Crippen LogP contribution is 2.35. The van der Waals surface area contributed by atoms with E-state index in [0.717, 1.165) is 18.7 Å². The molecule has 0 aliphatic heterocycles. The summed E-state index contributed by atoms with van der Waals surface area (Å²) in [5.41, 5.74) is 3.73. The molecule has 0 radical (unpaired) electrons. The molecular weight excluding hydrogens is 769 g/mol. The summed E-state index contributed by atoms with van der Waals surface area (Å²) < 4.78 is 56.1. The Morgan fingerprint density at radius 3 is 2.24 bits per heavy atom. The lowest BCUT2D eigenvalue weighted by Crippen LogP contribution is -2.30. The second kappa shape index (κ2) is 21.1. The first-order valence-electron chi connectivity index (χ1n) is 15.1. The molecular formula is C28H40Cl3F3N9O7P. The minimum atomic E-state index is -3.12. The quantitative estimate of drug-likeness (QED) is 0.0845. The maximum Gasteiger partial charge on any atom is 0.355 e. The highest BCUT2D eigenvalue weighted by molar-refractivity contribution is 7.57. The fraction of sp³-hybridized carbons (Fsp3) is 0.536. The van der Waals surface area contributed by atoms with Crippen LogP contribution in [0.25, 0.3) is 5.69 Å². The van der Waals surface area contributed by atoms with Gasteiger partial charge in [-0.2, -0.15) is 28.4 Å². The molecule has 0 amide bonds. The van der Waals surface area contributed by atoms with E-state index < -0.39 is 48.8 Å². The van der Waals surface area contributed by atoms with Crippen LogP contribution in [0.1, 0.15) is 52.1 Å². The molecule has 0 spiro atoms. The number of carbonyl (C=O) groups is 2. The van der Waals surface area contributed by atoms with Gasteiger partial charge in [0.2, 0.25) is 17.2 Å². The fourth-order valence-corrected chi connectivity index (χ4v) is 5.05. The first-order chi connectivity index (χ1) is 23.6. The number of aromatic nitrogens is 6. The Bertz CT molecular complexity index is 1730. The molecule has 3 unspecified atom stereocenters. The fourth-order valence-electron chi connectivity index (χ4n) is 3.68. The van der Waals surface area contributed by atoms with Crippen molar-refractivity contribution >= 4 is 66.0 Å². The Morgan fingerprint density at radius 1 is 1.14 bits per heavy atom. The number of ether oxygens (including phenoxy) is 1. The summed E-state index contributed by atoms with van der Waals surface area (Å²) in [6.07, 6.45) is -0.115. The summed E-state index contributed by atoms with van der Waals surface area (Å²) in [7, 11) is -3.10. The van der Waals surface area contributed by atoms with Gasteiger partial charge in [-0.1, -0.05) is 11.6 Å². The normalized spacial score (nSPS) is 13.3. The molecule has 0 saturated carbocycles. The third-order valence-corrected chi connectivity index (χ3v) is 7.94. The molecule has 23 heteroatoms. The van der Waals surface area contributed by atoms with Gasteiger partial charge in [-0.3, -0.25) is 14.2 Å². The standard InChI is InChI=1S/C15H14Cl2F3N3O3.C8H14ClN5.C5H12NO4P/c1-3-26-13(24)10(17)4-8-5-12(11(18)6-9(8)16)23-15(25)22(14(19)20)7(2)21-23;1-4-10-7-12-6(9)13-8(14-7)11-5(2)3;1-11(9,10)3-2-4(6)5(7)8/h5-6,10,14H,3-4H2,1-2H3;5H,4H2,1-3H3,(H2,10,11,12,13,14);4H,2-3,6H2,1H3,(H,7,8)(H,9,10). The number of carboxylic acid groups (broad SMARTS) is 1. The number of halogens is 6. The zero-order valence-electron chi connectivity index (χ0n) is 28.4. The molecule has 0 saturated heterocycles. The zero-order valence-corrected chi connectivity index (χ0v) is 31.6. The molecule has 0 aliphatic rings. The van der Waals surface area contributed by atoms with Crippen molar-refractivity contribution in [3.63, 3.8) is 0 Å². The summed E-state index contributed by atoms with van der Waals surface area (Å²) in [6.45, 7) is 7.71. The first-order valence-corrected chi connectivity index (χ1v) is 18.5. The van der Waals surface area contributed by atoms with Crippen LogP contribution in [0.5, 0.6) is 0 Å². The summed E-state index contributed by atoms with van der Waals surface area (Å²) in [5.74, 6) is -2.07. The van der Waals surface area contributed by atoms with Crippen molar-refractivity contribution in [1.29, 1.82) is 0 Å². The Morgan fingerprint density at radius 2 is 1.75 bits per heavy atom. The molecule has 0 fully saturated rings. The number of rotatable bonds is 14. The maximum absolute atomic E-state index is 14.2. The van der Waals surface area contributed by atoms with Gasteiger partial charge < -0.3 is 31.1 Å². The van der Waals surface area contributed by atoms with Crippen LogP contribution in [0.4, 0.5) is 25.1 Å². The van der Waals surface area contributed by atoms with Crippen molar-refractivity contribution in [1.82, 2.24) is 29.3 Å². The van der Waals surface area contributed by atoms with E-state index in [-0.39, 0.29) is 63.6 Å². The molecule has 16 nitrogen and oxygen atoms in total. The van der Waals surface area contributed by atoms with Crippen LogP contribution in [0.2, 0.25) is 10.3 Å². The lowest BCUT2D eigenvalue weighted by Gasteiger charge is -2.12. The largest absolute Gasteiger partial charge is 0.480 e. The molecule has 0 aliphatic carbocycles. The topological polar surface area (TPSA) is 229 Å². The van der Waals surface area contributed by atoms with Crippen LogP contribution in [0.15, 0.2) is 16.9 Å². The van der Waals surface area contributed by atoms with E-state index in [1.165, 1.54) is 13.6 Å². The number of carbonyl (C=O) groups excluding carboxylic acids is 1. The van der Waals surface area contributed by atoms with Gasteiger partial charge in [0.25, 0.3) is 0 Å². The van der Waals surface area contributed by atoms with Crippen molar-refractivity contribution < 1.29 is 42.1 Å². The van der Waals surface area contributed by atoms with Crippen LogP contribution in [0.3, 0.4) is 0 Å². The average molecular weight is 809 g/mol. The van der Waals surface area contributed by atoms with E-state index in [1.807, 2.05) is 20.8 Å². The zero-order chi connectivity index (χ0) is 39.2. The van der Waals surface area contributed by atoms with Gasteiger partial charge in [-0.05, 0) is 70.3 Å². The summed E-state index contributed by atoms with van der Waals surface area (Å²) in [5, 5.41) is 17.0. The smallest absolute Gasteiger partial charge is 0.355 e. The number of aryl methyl sites for hydroxylation is 1. The van der Waals surface area contributed by atoms with Gasteiger partial charge in [-0.15, -0.1) is 16.7 Å². The number of anilines is 2. The third kappa shape index (κ3) is 15.7. The van der Waals surface area contributed by atoms with E-state index in [0.29, 0.717) is 16.6 Å². The third-order valence-electron chi connectivity index (χ3n) is 5.99. The predicted octanol–water partition coefficient (Wildman–Crippen LogP) is 4.71. The van der Waals surface area contributed by atoms with Gasteiger partial charge in [0.15, 0.2) is 13.2 Å². The molecule has 286 valence electrons. The Balaban J connectivity index is 0.000000436. The Hall–Kier alpha value is -3.48. The molecule has 3 atom stereocenters. The number of nitrogens with one attached hydrogen (secondary N) is 2. The number of esters is 1. The minimum Gasteiger partial charge on any atom is -0.480 e. The van der Waals surface area contributed by atoms with Crippen molar-refractivity contribution in [2.24, 2.45) is 5.73 Å². The summed E-state index contributed by atoms with van der Waals surface area (Å²) in [6, 6.07) is 1.26. The maximum atomic E-state index is 14.2. The van der Waals surface area contributed by atoms with E-state index in [4.69, 9.17) is 55.3 Å². The molecule has 1 aromatic carbocycles. The molecule has 3 aromatic rings. The van der Waals surface area contributed by atoms with Crippen LogP contribution < -0.4 is 22.1 Å². The Kier molecular flexibility index (Phi) is 18.9. The molecule has 2 heterocycles.